The highest BCUT2D eigenvalue weighted by atomic mass is 16.6. The molecule has 138 valence electrons. The van der Waals surface area contributed by atoms with Crippen molar-refractivity contribution < 1.29 is 14.5 Å². The van der Waals surface area contributed by atoms with Crippen molar-refractivity contribution in [1.82, 2.24) is 4.90 Å². The van der Waals surface area contributed by atoms with Crippen molar-refractivity contribution in [3.05, 3.63) is 63.7 Å². The Morgan fingerprint density at radius 3 is 2.38 bits per heavy atom. The van der Waals surface area contributed by atoms with Crippen molar-refractivity contribution in [1.29, 1.82) is 0 Å². The maximum atomic E-state index is 11.5. The van der Waals surface area contributed by atoms with Crippen LogP contribution in [0.15, 0.2) is 42.5 Å². The lowest BCUT2D eigenvalue weighted by Crippen LogP contribution is -2.27. The number of nitro benzene ring substituents is 1. The third kappa shape index (κ3) is 4.58. The molecule has 0 spiro atoms. The Morgan fingerprint density at radius 1 is 1.23 bits per heavy atom. The van der Waals surface area contributed by atoms with Gasteiger partial charge in [-0.1, -0.05) is 12.1 Å². The van der Waals surface area contributed by atoms with Gasteiger partial charge in [-0.3, -0.25) is 14.9 Å². The van der Waals surface area contributed by atoms with E-state index in [4.69, 9.17) is 4.74 Å². The molecule has 0 aromatic heterocycles. The van der Waals surface area contributed by atoms with E-state index in [1.54, 1.807) is 19.2 Å². The van der Waals surface area contributed by atoms with E-state index in [-0.39, 0.29) is 17.5 Å². The number of hydrogen-bond donors (Lipinski definition) is 1. The zero-order valence-corrected chi connectivity index (χ0v) is 15.4. The van der Waals surface area contributed by atoms with Gasteiger partial charge in [-0.2, -0.15) is 0 Å². The van der Waals surface area contributed by atoms with Gasteiger partial charge in [0.1, 0.15) is 11.4 Å². The second kappa shape index (κ2) is 8.44. The summed E-state index contributed by atoms with van der Waals surface area (Å²) in [5.74, 6) is 0.568. The van der Waals surface area contributed by atoms with Crippen LogP contribution >= 0.6 is 0 Å². The number of nitro groups is 1. The fourth-order valence-electron chi connectivity index (χ4n) is 2.68. The number of anilines is 1. The SMILES string of the molecule is COc1ccc([C@H](CNc2ccc(C(C)=O)cc2[N+](=O)[O-])N(C)C)cc1. The van der Waals surface area contributed by atoms with Gasteiger partial charge in [0.25, 0.3) is 5.69 Å². The van der Waals surface area contributed by atoms with Gasteiger partial charge in [-0.15, -0.1) is 0 Å². The number of nitrogens with one attached hydrogen (secondary N) is 1. The molecule has 0 saturated heterocycles. The van der Waals surface area contributed by atoms with Gasteiger partial charge in [-0.05, 0) is 50.8 Å². The third-order valence-electron chi connectivity index (χ3n) is 4.21. The number of likely N-dealkylation sites (N-methyl/N-ethyl adjacent to an activating group) is 1. The Morgan fingerprint density at radius 2 is 1.88 bits per heavy atom. The van der Waals surface area contributed by atoms with E-state index in [1.807, 2.05) is 43.3 Å². The molecule has 0 heterocycles. The van der Waals surface area contributed by atoms with Gasteiger partial charge in [-0.25, -0.2) is 0 Å². The molecule has 26 heavy (non-hydrogen) atoms. The number of ketones is 1. The second-order valence-electron chi connectivity index (χ2n) is 6.18. The van der Waals surface area contributed by atoms with Crippen LogP contribution in [0.4, 0.5) is 11.4 Å². The number of hydrogen-bond acceptors (Lipinski definition) is 6. The van der Waals surface area contributed by atoms with E-state index >= 15 is 0 Å². The highest BCUT2D eigenvalue weighted by molar-refractivity contribution is 5.95. The van der Waals surface area contributed by atoms with Crippen molar-refractivity contribution in [2.45, 2.75) is 13.0 Å². The Kier molecular flexibility index (Phi) is 6.30. The lowest BCUT2D eigenvalue weighted by molar-refractivity contribution is -0.384. The van der Waals surface area contributed by atoms with Crippen molar-refractivity contribution in [3.63, 3.8) is 0 Å². The summed E-state index contributed by atoms with van der Waals surface area (Å²) in [6, 6.07) is 12.2. The molecule has 0 fully saturated rings. The van der Waals surface area contributed by atoms with Crippen LogP contribution in [-0.2, 0) is 0 Å². The maximum absolute atomic E-state index is 11.5. The van der Waals surface area contributed by atoms with Gasteiger partial charge < -0.3 is 15.0 Å². The first-order chi connectivity index (χ1) is 12.3. The predicted molar refractivity (Wildman–Crippen MR) is 101 cm³/mol. The minimum Gasteiger partial charge on any atom is -0.497 e. The van der Waals surface area contributed by atoms with Crippen LogP contribution in [0.3, 0.4) is 0 Å². The number of benzene rings is 2. The van der Waals surface area contributed by atoms with Crippen LogP contribution in [0.1, 0.15) is 28.9 Å². The molecule has 2 aromatic rings. The molecule has 2 aromatic carbocycles. The van der Waals surface area contributed by atoms with Crippen LogP contribution < -0.4 is 10.1 Å². The van der Waals surface area contributed by atoms with Gasteiger partial charge in [0.15, 0.2) is 5.78 Å². The Hall–Kier alpha value is -2.93. The molecule has 0 saturated carbocycles. The highest BCUT2D eigenvalue weighted by Crippen LogP contribution is 2.28. The van der Waals surface area contributed by atoms with E-state index in [1.165, 1.54) is 13.0 Å². The smallest absolute Gasteiger partial charge is 0.293 e. The molecule has 2 rings (SSSR count). The number of carbonyl (C=O) groups excluding carboxylic acids is 1. The van der Waals surface area contributed by atoms with Crippen molar-refractivity contribution in [2.75, 3.05) is 33.1 Å². The lowest BCUT2D eigenvalue weighted by atomic mass is 10.1. The van der Waals surface area contributed by atoms with Crippen molar-refractivity contribution >= 4 is 17.2 Å². The molecule has 0 bridgehead atoms. The molecule has 7 heteroatoms. The van der Waals surface area contributed by atoms with Crippen molar-refractivity contribution in [3.8, 4) is 5.75 Å². The van der Waals surface area contributed by atoms with Gasteiger partial charge >= 0.3 is 0 Å². The molecule has 0 aliphatic rings. The quantitative estimate of drug-likeness (QED) is 0.442. The van der Waals surface area contributed by atoms with E-state index in [9.17, 15) is 14.9 Å². The topological polar surface area (TPSA) is 84.7 Å². The molecule has 1 atom stereocenters. The Bertz CT molecular complexity index is 788. The standard InChI is InChI=1S/C19H23N3O4/c1-13(23)15-7-10-17(18(11-15)22(24)25)20-12-19(21(2)3)14-5-8-16(26-4)9-6-14/h5-11,19-20H,12H2,1-4H3/t19-/m0/s1. The maximum Gasteiger partial charge on any atom is 0.293 e. The Balaban J connectivity index is 2.23. The van der Waals surface area contributed by atoms with Gasteiger partial charge in [0.2, 0.25) is 0 Å². The molecule has 0 aliphatic carbocycles. The number of ether oxygens (including phenoxy) is 1. The minimum absolute atomic E-state index is 0.00740. The second-order valence-corrected chi connectivity index (χ2v) is 6.18. The first kappa shape index (κ1) is 19.4. The molecule has 0 unspecified atom stereocenters. The number of nitrogens with zero attached hydrogens (tertiary/aromatic N) is 2. The van der Waals surface area contributed by atoms with E-state index < -0.39 is 4.92 Å². The summed E-state index contributed by atoms with van der Waals surface area (Å²) in [6.07, 6.45) is 0. The molecule has 1 N–H and O–H groups in total. The van der Waals surface area contributed by atoms with Gasteiger partial charge in [0.05, 0.1) is 18.1 Å². The van der Waals surface area contributed by atoms with E-state index in [0.29, 0.717) is 17.8 Å². The number of Topliss-reactive ketones (excluding diaryl/α,β-unsaturated/α-hetero) is 1. The monoisotopic (exact) mass is 357 g/mol. The summed E-state index contributed by atoms with van der Waals surface area (Å²) in [4.78, 5) is 24.4. The number of rotatable bonds is 8. The highest BCUT2D eigenvalue weighted by Gasteiger charge is 2.19. The van der Waals surface area contributed by atoms with Crippen LogP contribution in [0, 0.1) is 10.1 Å². The minimum atomic E-state index is -0.479. The average molecular weight is 357 g/mol. The molecule has 0 aliphatic heterocycles. The molecule has 0 radical (unpaired) electrons. The van der Waals surface area contributed by atoms with Crippen LogP contribution in [0.25, 0.3) is 0 Å². The fraction of sp³-hybridized carbons (Fsp3) is 0.316. The lowest BCUT2D eigenvalue weighted by Gasteiger charge is -2.25. The van der Waals surface area contributed by atoms with Crippen molar-refractivity contribution in [2.24, 2.45) is 0 Å². The van der Waals surface area contributed by atoms with E-state index in [0.717, 1.165) is 11.3 Å². The third-order valence-corrected chi connectivity index (χ3v) is 4.21. The molecule has 7 nitrogen and oxygen atoms in total. The normalized spacial score (nSPS) is 11.9. The number of carbonyl (C=O) groups is 1. The summed E-state index contributed by atoms with van der Waals surface area (Å²) in [5, 5.41) is 14.5. The molecule has 0 amide bonds. The summed E-state index contributed by atoms with van der Waals surface area (Å²) >= 11 is 0. The van der Waals surface area contributed by atoms with E-state index in [2.05, 4.69) is 5.32 Å². The fourth-order valence-corrected chi connectivity index (χ4v) is 2.68. The summed E-state index contributed by atoms with van der Waals surface area (Å²) in [5.41, 5.74) is 1.66. The summed E-state index contributed by atoms with van der Waals surface area (Å²) in [7, 11) is 5.51. The molecular weight excluding hydrogens is 334 g/mol. The van der Waals surface area contributed by atoms with Gasteiger partial charge in [0, 0.05) is 18.2 Å². The Labute approximate surface area is 152 Å². The van der Waals surface area contributed by atoms with Crippen LogP contribution in [0.2, 0.25) is 0 Å². The summed E-state index contributed by atoms with van der Waals surface area (Å²) in [6.45, 7) is 1.86. The zero-order valence-electron chi connectivity index (χ0n) is 15.4. The van der Waals surface area contributed by atoms with Crippen LogP contribution in [0.5, 0.6) is 5.75 Å². The summed E-state index contributed by atoms with van der Waals surface area (Å²) < 4.78 is 5.18. The molecular formula is C19H23N3O4. The first-order valence-electron chi connectivity index (χ1n) is 8.17. The zero-order chi connectivity index (χ0) is 19.3. The van der Waals surface area contributed by atoms with Crippen LogP contribution in [-0.4, -0.2) is 43.4 Å². The first-order valence-corrected chi connectivity index (χ1v) is 8.17. The predicted octanol–water partition coefficient (Wildman–Crippen LogP) is 3.52. The number of methoxy groups -OCH3 is 1. The largest absolute Gasteiger partial charge is 0.497 e. The average Bonchev–Trinajstić information content (AvgIpc) is 2.62.